The zero-order chi connectivity index (χ0) is 24.1. The summed E-state index contributed by atoms with van der Waals surface area (Å²) in [6, 6.07) is 14.4. The summed E-state index contributed by atoms with van der Waals surface area (Å²) in [6.07, 6.45) is 13.3. The smallest absolute Gasteiger partial charge is 0.232 e. The van der Waals surface area contributed by atoms with Crippen LogP contribution in [0.4, 0.5) is 5.13 Å². The molecule has 4 rings (SSSR count). The van der Waals surface area contributed by atoms with Crippen LogP contribution in [0.15, 0.2) is 97.3 Å². The summed E-state index contributed by atoms with van der Waals surface area (Å²) in [4.78, 5) is 22.3. The molecule has 0 aliphatic carbocycles. The molecule has 1 unspecified atom stereocenters. The molecule has 0 bridgehead atoms. The van der Waals surface area contributed by atoms with Gasteiger partial charge >= 0.3 is 0 Å². The average molecular weight is 469 g/mol. The molecular weight excluding hydrogens is 440 g/mol. The van der Waals surface area contributed by atoms with E-state index < -0.39 is 5.41 Å². The van der Waals surface area contributed by atoms with Crippen LogP contribution in [0, 0.1) is 5.41 Å². The summed E-state index contributed by atoms with van der Waals surface area (Å²) in [7, 11) is 0. The Morgan fingerprint density at radius 2 is 1.97 bits per heavy atom. The summed E-state index contributed by atoms with van der Waals surface area (Å²) >= 11 is 1.41. The Labute approximate surface area is 204 Å². The Hall–Kier alpha value is -3.77. The van der Waals surface area contributed by atoms with Crippen LogP contribution in [0.1, 0.15) is 43.6 Å². The van der Waals surface area contributed by atoms with Gasteiger partial charge in [0.05, 0.1) is 17.1 Å². The fourth-order valence-electron chi connectivity index (χ4n) is 4.27. The summed E-state index contributed by atoms with van der Waals surface area (Å²) < 4.78 is 2.06. The lowest BCUT2D eigenvalue weighted by Crippen LogP contribution is -2.37. The molecule has 1 aromatic carbocycles. The number of fused-ring (bicyclic) bond motifs is 1. The minimum atomic E-state index is -0.743. The van der Waals surface area contributed by atoms with Crippen LogP contribution in [0.5, 0.6) is 0 Å². The predicted molar refractivity (Wildman–Crippen MR) is 141 cm³/mol. The van der Waals surface area contributed by atoms with Crippen molar-refractivity contribution in [2.24, 2.45) is 5.41 Å². The highest BCUT2D eigenvalue weighted by atomic mass is 32.1. The highest BCUT2D eigenvalue weighted by molar-refractivity contribution is 7.13. The van der Waals surface area contributed by atoms with Gasteiger partial charge in [0.25, 0.3) is 0 Å². The molecule has 1 atom stereocenters. The molecule has 0 spiro atoms. The Balaban J connectivity index is 1.79. The first-order chi connectivity index (χ1) is 16.5. The minimum Gasteiger partial charge on any atom is -0.301 e. The molecule has 0 saturated carbocycles. The van der Waals surface area contributed by atoms with Gasteiger partial charge in [-0.1, -0.05) is 75.1 Å². The molecule has 0 aliphatic rings. The number of imidazole rings is 1. The van der Waals surface area contributed by atoms with Crippen molar-refractivity contribution in [1.82, 2.24) is 14.4 Å². The Bertz CT molecular complexity index is 1350. The van der Waals surface area contributed by atoms with Gasteiger partial charge in [-0.15, -0.1) is 11.3 Å². The molecule has 34 heavy (non-hydrogen) atoms. The van der Waals surface area contributed by atoms with E-state index in [1.165, 1.54) is 11.3 Å². The number of amides is 1. The largest absolute Gasteiger partial charge is 0.301 e. The molecule has 0 saturated heterocycles. The van der Waals surface area contributed by atoms with Crippen molar-refractivity contribution < 1.29 is 4.79 Å². The van der Waals surface area contributed by atoms with Crippen LogP contribution in [0.25, 0.3) is 11.1 Å². The summed E-state index contributed by atoms with van der Waals surface area (Å²) in [5, 5.41) is 5.45. The SMILES string of the molecule is C=C/C=C(\C=C/C)c1ncc2cc(C(c3ccccc3)C(C)(C)C(=O)Nc3nccs3)ccn12. The number of aromatic nitrogens is 3. The van der Waals surface area contributed by atoms with E-state index in [9.17, 15) is 4.79 Å². The van der Waals surface area contributed by atoms with E-state index in [1.54, 1.807) is 12.3 Å². The number of carbonyl (C=O) groups excluding carboxylic acids is 1. The van der Waals surface area contributed by atoms with Crippen LogP contribution < -0.4 is 5.32 Å². The number of pyridine rings is 1. The third kappa shape index (κ3) is 4.63. The van der Waals surface area contributed by atoms with Crippen LogP contribution in [0.2, 0.25) is 0 Å². The van der Waals surface area contributed by atoms with Gasteiger partial charge in [0.2, 0.25) is 5.91 Å². The van der Waals surface area contributed by atoms with Crippen molar-refractivity contribution in [3.8, 4) is 0 Å². The lowest BCUT2D eigenvalue weighted by atomic mass is 9.70. The summed E-state index contributed by atoms with van der Waals surface area (Å²) in [5.74, 6) is 0.599. The summed E-state index contributed by atoms with van der Waals surface area (Å²) in [5.41, 5.74) is 3.32. The van der Waals surface area contributed by atoms with Crippen molar-refractivity contribution in [3.05, 3.63) is 114 Å². The molecule has 1 N–H and O–H groups in total. The lowest BCUT2D eigenvalue weighted by Gasteiger charge is -2.34. The number of hydrogen-bond donors (Lipinski definition) is 1. The number of carbonyl (C=O) groups is 1. The molecular formula is C28H28N4OS. The first kappa shape index (κ1) is 23.4. The average Bonchev–Trinajstić information content (AvgIpc) is 3.49. The van der Waals surface area contributed by atoms with Crippen LogP contribution in [0.3, 0.4) is 0 Å². The van der Waals surface area contributed by atoms with Gasteiger partial charge in [-0.25, -0.2) is 9.97 Å². The first-order valence-electron chi connectivity index (χ1n) is 11.1. The number of thiazole rings is 1. The lowest BCUT2D eigenvalue weighted by molar-refractivity contribution is -0.124. The van der Waals surface area contributed by atoms with Gasteiger partial charge in [0, 0.05) is 29.3 Å². The van der Waals surface area contributed by atoms with Crippen molar-refractivity contribution in [2.45, 2.75) is 26.7 Å². The maximum Gasteiger partial charge on any atom is 0.232 e. The third-order valence-electron chi connectivity index (χ3n) is 5.88. The molecule has 0 aliphatic heterocycles. The number of nitrogens with one attached hydrogen (secondary N) is 1. The zero-order valence-electron chi connectivity index (χ0n) is 19.6. The molecule has 3 heterocycles. The van der Waals surface area contributed by atoms with Gasteiger partial charge in [-0.05, 0) is 30.2 Å². The van der Waals surface area contributed by atoms with E-state index in [0.29, 0.717) is 5.13 Å². The Morgan fingerprint density at radius 3 is 2.65 bits per heavy atom. The maximum absolute atomic E-state index is 13.4. The molecule has 0 fully saturated rings. The number of anilines is 1. The van der Waals surface area contributed by atoms with Crippen molar-refractivity contribution in [2.75, 3.05) is 5.32 Å². The Kier molecular flexibility index (Phi) is 6.89. The van der Waals surface area contributed by atoms with E-state index in [2.05, 4.69) is 50.5 Å². The molecule has 1 amide bonds. The normalized spacial score (nSPS) is 13.3. The van der Waals surface area contributed by atoms with Gasteiger partial charge in [-0.2, -0.15) is 0 Å². The second kappa shape index (κ2) is 10.0. The second-order valence-corrected chi connectivity index (χ2v) is 9.45. The first-order valence-corrected chi connectivity index (χ1v) is 12.0. The van der Waals surface area contributed by atoms with E-state index >= 15 is 0 Å². The van der Waals surface area contributed by atoms with Gasteiger partial charge in [-0.3, -0.25) is 9.20 Å². The minimum absolute atomic E-state index is 0.0744. The molecule has 0 radical (unpaired) electrons. The number of hydrogen-bond acceptors (Lipinski definition) is 4. The number of nitrogens with zero attached hydrogens (tertiary/aromatic N) is 3. The van der Waals surface area contributed by atoms with Crippen LogP contribution in [-0.4, -0.2) is 20.3 Å². The van der Waals surface area contributed by atoms with E-state index in [-0.39, 0.29) is 11.8 Å². The number of benzene rings is 1. The standard InChI is InChI=1S/C28H28N4OS/c1-5-10-21(11-6-2)25-30-19-23-18-22(14-16-32(23)25)24(20-12-8-7-9-13-20)28(3,4)26(33)31-27-29-15-17-34-27/h5-19,24H,1H2,2-4H3,(H,29,31,33)/b11-6-,21-10+. The molecule has 6 heteroatoms. The molecule has 4 aromatic rings. The van der Waals surface area contributed by atoms with Crippen molar-refractivity contribution in [1.29, 1.82) is 0 Å². The van der Waals surface area contributed by atoms with E-state index in [1.807, 2.05) is 75.0 Å². The van der Waals surface area contributed by atoms with E-state index in [0.717, 1.165) is 28.0 Å². The highest BCUT2D eigenvalue weighted by Crippen LogP contribution is 2.42. The van der Waals surface area contributed by atoms with Crippen molar-refractivity contribution in [3.63, 3.8) is 0 Å². The highest BCUT2D eigenvalue weighted by Gasteiger charge is 2.39. The number of rotatable bonds is 8. The van der Waals surface area contributed by atoms with Gasteiger partial charge < -0.3 is 5.32 Å². The molecule has 3 aromatic heterocycles. The number of allylic oxidation sites excluding steroid dienone is 5. The quantitative estimate of drug-likeness (QED) is 0.292. The fraction of sp³-hybridized carbons (Fsp3) is 0.179. The Morgan fingerprint density at radius 1 is 1.18 bits per heavy atom. The molecule has 172 valence electrons. The zero-order valence-corrected chi connectivity index (χ0v) is 20.4. The topological polar surface area (TPSA) is 59.3 Å². The van der Waals surface area contributed by atoms with E-state index in [4.69, 9.17) is 0 Å². The van der Waals surface area contributed by atoms with Crippen LogP contribution >= 0.6 is 11.3 Å². The predicted octanol–water partition coefficient (Wildman–Crippen LogP) is 6.73. The van der Waals surface area contributed by atoms with Crippen LogP contribution in [-0.2, 0) is 4.79 Å². The summed E-state index contributed by atoms with van der Waals surface area (Å²) in [6.45, 7) is 9.77. The van der Waals surface area contributed by atoms with Crippen molar-refractivity contribution >= 4 is 33.5 Å². The van der Waals surface area contributed by atoms with Gasteiger partial charge in [0.1, 0.15) is 5.82 Å². The maximum atomic E-state index is 13.4. The third-order valence-corrected chi connectivity index (χ3v) is 6.57. The monoisotopic (exact) mass is 468 g/mol. The molecule has 5 nitrogen and oxygen atoms in total. The van der Waals surface area contributed by atoms with Gasteiger partial charge in [0.15, 0.2) is 5.13 Å². The fourth-order valence-corrected chi connectivity index (χ4v) is 4.79. The second-order valence-electron chi connectivity index (χ2n) is 8.55.